The molecule has 0 aliphatic heterocycles. The Labute approximate surface area is 200 Å². The zero-order valence-corrected chi connectivity index (χ0v) is 21.4. The minimum atomic E-state index is -0.882. The third kappa shape index (κ3) is 17.3. The summed E-state index contributed by atoms with van der Waals surface area (Å²) in [7, 11) is 0. The number of carbonyl (C=O) groups excluding carboxylic acids is 3. The van der Waals surface area contributed by atoms with E-state index in [4.69, 9.17) is 0 Å². The predicted molar refractivity (Wildman–Crippen MR) is 114 cm³/mol. The molecule has 3 aliphatic rings. The fourth-order valence-electron chi connectivity index (χ4n) is 4.88. The van der Waals surface area contributed by atoms with Crippen LogP contribution in [0.5, 0.6) is 0 Å². The molecule has 0 aromatic carbocycles. The van der Waals surface area contributed by atoms with Crippen molar-refractivity contribution < 1.29 is 29.7 Å². The Morgan fingerprint density at radius 2 is 0.645 bits per heavy atom. The molecule has 0 aromatic rings. The van der Waals surface area contributed by atoms with Gasteiger partial charge in [0.15, 0.2) is 0 Å². The number of rotatable bonds is 6. The summed E-state index contributed by atoms with van der Waals surface area (Å²) in [5, 5.41) is 30.5. The molecule has 0 aromatic heterocycles. The zero-order chi connectivity index (χ0) is 22.2. The molecule has 0 amide bonds. The number of aliphatic carboxylic acids is 3. The van der Waals surface area contributed by atoms with E-state index in [1.807, 2.05) is 0 Å². The summed E-state index contributed by atoms with van der Waals surface area (Å²) < 4.78 is 0. The number of carboxylic acids is 3. The van der Waals surface area contributed by atoms with Crippen LogP contribution in [-0.4, -0.2) is 37.7 Å². The second-order valence-corrected chi connectivity index (χ2v) is 9.24. The third-order valence-electron chi connectivity index (χ3n) is 6.54. The first-order valence-electron chi connectivity index (χ1n) is 12.0. The average Bonchev–Trinajstić information content (AvgIpc) is 2.70. The molecule has 0 bridgehead atoms. The van der Waals surface area contributed by atoms with Gasteiger partial charge < -0.3 is 29.7 Å². The van der Waals surface area contributed by atoms with Crippen LogP contribution in [0, 0.1) is 17.8 Å². The van der Waals surface area contributed by atoms with Crippen LogP contribution in [0.2, 0.25) is 0 Å². The summed E-state index contributed by atoms with van der Waals surface area (Å²) >= 11 is 0. The van der Waals surface area contributed by atoms with E-state index in [-0.39, 0.29) is 39.1 Å². The normalized spacial score (nSPS) is 20.1. The van der Waals surface area contributed by atoms with Crippen molar-refractivity contribution >= 4 is 37.7 Å². The standard InChI is InChI=1S/3C8H14O2.Ga/c3*9-8(10)6-7-4-2-1-3-5-7;/h3*7H,1-6H2,(H,9,10);/q;;;+3/p-3. The van der Waals surface area contributed by atoms with Crippen LogP contribution >= 0.6 is 0 Å². The third-order valence-corrected chi connectivity index (χ3v) is 6.54. The van der Waals surface area contributed by atoms with Crippen molar-refractivity contribution in [1.82, 2.24) is 0 Å². The van der Waals surface area contributed by atoms with Gasteiger partial charge in [-0.3, -0.25) is 0 Å². The van der Waals surface area contributed by atoms with E-state index in [2.05, 4.69) is 0 Å². The molecule has 0 radical (unpaired) electrons. The van der Waals surface area contributed by atoms with E-state index in [0.717, 1.165) is 38.5 Å². The van der Waals surface area contributed by atoms with Crippen molar-refractivity contribution in [2.75, 3.05) is 0 Å². The fourth-order valence-corrected chi connectivity index (χ4v) is 4.88. The van der Waals surface area contributed by atoms with E-state index >= 15 is 0 Å². The quantitative estimate of drug-likeness (QED) is 0.520. The monoisotopic (exact) mass is 492 g/mol. The molecule has 3 fully saturated rings. The maximum absolute atomic E-state index is 10.2. The molecular weight excluding hydrogens is 454 g/mol. The van der Waals surface area contributed by atoms with Gasteiger partial charge in [0.2, 0.25) is 0 Å². The van der Waals surface area contributed by atoms with Crippen LogP contribution in [0.4, 0.5) is 0 Å². The molecular formula is C24H39GaO6. The van der Waals surface area contributed by atoms with Crippen molar-refractivity contribution in [2.45, 2.75) is 116 Å². The second-order valence-electron chi connectivity index (χ2n) is 9.24. The van der Waals surface area contributed by atoms with E-state index < -0.39 is 17.9 Å². The summed E-state index contributed by atoms with van der Waals surface area (Å²) in [5.41, 5.74) is 0. The molecule has 3 rings (SSSR count). The molecule has 0 unspecified atom stereocenters. The Kier molecular flexibility index (Phi) is 18.0. The Morgan fingerprint density at radius 3 is 0.806 bits per heavy atom. The van der Waals surface area contributed by atoms with Crippen LogP contribution in [0.15, 0.2) is 0 Å². The molecule has 0 saturated heterocycles. The SMILES string of the molecule is O=C([O-])CC1CCCCC1.O=C([O-])CC1CCCCC1.O=C([O-])CC1CCCCC1.[Ga+3]. The van der Waals surface area contributed by atoms with Gasteiger partial charge >= 0.3 is 19.8 Å². The van der Waals surface area contributed by atoms with Gasteiger partial charge in [-0.2, -0.15) is 0 Å². The zero-order valence-electron chi connectivity index (χ0n) is 19.0. The molecule has 0 spiro atoms. The van der Waals surface area contributed by atoms with Crippen molar-refractivity contribution in [2.24, 2.45) is 17.8 Å². The molecule has 174 valence electrons. The Hall–Kier alpha value is -0.954. The van der Waals surface area contributed by atoms with Gasteiger partial charge in [0, 0.05) is 17.9 Å². The van der Waals surface area contributed by atoms with Gasteiger partial charge in [-0.1, -0.05) is 96.3 Å². The number of hydrogen-bond acceptors (Lipinski definition) is 6. The summed E-state index contributed by atoms with van der Waals surface area (Å²) in [6.07, 6.45) is 18.5. The number of carboxylic acid groups (broad SMARTS) is 3. The molecule has 0 N–H and O–H groups in total. The molecule has 3 saturated carbocycles. The minimum absolute atomic E-state index is 0. The maximum atomic E-state index is 10.2. The van der Waals surface area contributed by atoms with Gasteiger partial charge in [0.05, 0.1) is 0 Å². The topological polar surface area (TPSA) is 120 Å². The van der Waals surface area contributed by atoms with Crippen molar-refractivity contribution in [3.8, 4) is 0 Å². The predicted octanol–water partition coefficient (Wildman–Crippen LogP) is 1.74. The number of hydrogen-bond donors (Lipinski definition) is 0. The summed E-state index contributed by atoms with van der Waals surface area (Å²) in [6, 6.07) is 0. The van der Waals surface area contributed by atoms with Gasteiger partial charge in [-0.05, 0) is 37.0 Å². The van der Waals surface area contributed by atoms with Crippen molar-refractivity contribution in [3.63, 3.8) is 0 Å². The van der Waals surface area contributed by atoms with E-state index in [9.17, 15) is 29.7 Å². The van der Waals surface area contributed by atoms with Crippen LogP contribution in [0.3, 0.4) is 0 Å². The Balaban J connectivity index is 0.000000429. The Bertz CT molecular complexity index is 421. The first kappa shape index (κ1) is 30.0. The molecule has 0 heterocycles. The van der Waals surface area contributed by atoms with Crippen molar-refractivity contribution in [3.05, 3.63) is 0 Å². The molecule has 31 heavy (non-hydrogen) atoms. The van der Waals surface area contributed by atoms with Crippen molar-refractivity contribution in [1.29, 1.82) is 0 Å². The smallest absolute Gasteiger partial charge is 0.550 e. The van der Waals surface area contributed by atoms with E-state index in [1.165, 1.54) is 57.8 Å². The Morgan fingerprint density at radius 1 is 0.452 bits per heavy atom. The molecule has 0 atom stereocenters. The number of carbonyl (C=O) groups is 3. The van der Waals surface area contributed by atoms with E-state index in [0.29, 0.717) is 17.8 Å². The summed E-state index contributed by atoms with van der Waals surface area (Å²) in [6.45, 7) is 0. The maximum Gasteiger partial charge on any atom is 3.00 e. The summed E-state index contributed by atoms with van der Waals surface area (Å²) in [4.78, 5) is 30.5. The fraction of sp³-hybridized carbons (Fsp3) is 0.875. The van der Waals surface area contributed by atoms with Gasteiger partial charge in [0.1, 0.15) is 0 Å². The largest absolute Gasteiger partial charge is 3.00 e. The average molecular weight is 493 g/mol. The first-order chi connectivity index (χ1) is 14.4. The molecule has 6 nitrogen and oxygen atoms in total. The minimum Gasteiger partial charge on any atom is -0.550 e. The van der Waals surface area contributed by atoms with Gasteiger partial charge in [-0.15, -0.1) is 0 Å². The molecule has 3 aliphatic carbocycles. The van der Waals surface area contributed by atoms with Crippen LogP contribution in [0.1, 0.15) is 116 Å². The van der Waals surface area contributed by atoms with Crippen LogP contribution in [0.25, 0.3) is 0 Å². The second kappa shape index (κ2) is 18.6. The summed E-state index contributed by atoms with van der Waals surface area (Å²) in [5.74, 6) is -1.40. The van der Waals surface area contributed by atoms with Gasteiger partial charge in [0.25, 0.3) is 0 Å². The molecule has 7 heteroatoms. The van der Waals surface area contributed by atoms with Crippen LogP contribution < -0.4 is 15.3 Å². The van der Waals surface area contributed by atoms with Crippen LogP contribution in [-0.2, 0) is 14.4 Å². The van der Waals surface area contributed by atoms with E-state index in [1.54, 1.807) is 0 Å². The first-order valence-corrected chi connectivity index (χ1v) is 12.0. The van der Waals surface area contributed by atoms with Gasteiger partial charge in [-0.25, -0.2) is 0 Å².